The highest BCUT2D eigenvalue weighted by molar-refractivity contribution is 6.06. The Balaban J connectivity index is 1.67. The van der Waals surface area contributed by atoms with Crippen molar-refractivity contribution in [3.8, 4) is 16.9 Å². The van der Waals surface area contributed by atoms with Crippen LogP contribution in [0.15, 0.2) is 49.1 Å². The Morgan fingerprint density at radius 1 is 1.06 bits per heavy atom. The van der Waals surface area contributed by atoms with Gasteiger partial charge in [0.2, 0.25) is 0 Å². The van der Waals surface area contributed by atoms with E-state index in [0.29, 0.717) is 11.5 Å². The normalized spacial score (nSPS) is 11.0. The Morgan fingerprint density at radius 2 is 1.88 bits per heavy atom. The van der Waals surface area contributed by atoms with Gasteiger partial charge < -0.3 is 15.4 Å². The van der Waals surface area contributed by atoms with E-state index < -0.39 is 18.0 Å². The molecule has 4 aromatic heterocycles. The third-order valence-electron chi connectivity index (χ3n) is 5.07. The van der Waals surface area contributed by atoms with Gasteiger partial charge in [0.05, 0.1) is 30.1 Å². The van der Waals surface area contributed by atoms with Crippen LogP contribution in [-0.4, -0.2) is 40.0 Å². The average Bonchev–Trinajstić information content (AvgIpc) is 2.83. The molecule has 0 fully saturated rings. The second-order valence-electron chi connectivity index (χ2n) is 7.13. The molecule has 168 valence electrons. The minimum absolute atomic E-state index is 0.0521. The minimum Gasteiger partial charge on any atom is -0.494 e. The molecule has 1 amide bonds. The largest absolute Gasteiger partial charge is 0.494 e. The third-order valence-corrected chi connectivity index (χ3v) is 5.07. The zero-order chi connectivity index (χ0) is 23.5. The summed E-state index contributed by atoms with van der Waals surface area (Å²) in [6.07, 6.45) is 3.21. The fourth-order valence-electron chi connectivity index (χ4n) is 3.41. The van der Waals surface area contributed by atoms with Gasteiger partial charge in [-0.25, -0.2) is 13.8 Å². The number of rotatable bonds is 6. The molecule has 2 N–H and O–H groups in total. The zero-order valence-electron chi connectivity index (χ0n) is 18.1. The lowest BCUT2D eigenvalue weighted by Crippen LogP contribution is -2.15. The standard InChI is InChI=1S/C23H20F2N6O2/c1-12-17(13-6-14-10-30-19(26-2)8-18(14)29-9-13)7-15(11-28-12)31-23(32)16-4-5-27-20(22(24)25)21(16)33-3/h4-11,22H,1-3H3,(H,26,30)(H,31,32). The number of aryl methyl sites for hydroxylation is 1. The maximum Gasteiger partial charge on any atom is 0.284 e. The van der Waals surface area contributed by atoms with Crippen LogP contribution < -0.4 is 15.4 Å². The number of amides is 1. The van der Waals surface area contributed by atoms with Gasteiger partial charge in [-0.1, -0.05) is 0 Å². The Hall–Kier alpha value is -4.21. The zero-order valence-corrected chi connectivity index (χ0v) is 18.1. The first kappa shape index (κ1) is 22.0. The van der Waals surface area contributed by atoms with E-state index in [1.165, 1.54) is 19.4 Å². The molecule has 0 radical (unpaired) electrons. The third kappa shape index (κ3) is 4.40. The maximum atomic E-state index is 13.2. The van der Waals surface area contributed by atoms with Gasteiger partial charge in [-0.2, -0.15) is 0 Å². The van der Waals surface area contributed by atoms with E-state index in [2.05, 4.69) is 30.6 Å². The van der Waals surface area contributed by atoms with Gasteiger partial charge in [-0.15, -0.1) is 0 Å². The van der Waals surface area contributed by atoms with E-state index in [4.69, 9.17) is 4.74 Å². The summed E-state index contributed by atoms with van der Waals surface area (Å²) < 4.78 is 31.5. The summed E-state index contributed by atoms with van der Waals surface area (Å²) in [7, 11) is 3.00. The van der Waals surface area contributed by atoms with Crippen LogP contribution in [0.2, 0.25) is 0 Å². The maximum absolute atomic E-state index is 13.2. The number of hydrogen-bond acceptors (Lipinski definition) is 7. The lowest BCUT2D eigenvalue weighted by atomic mass is 10.0. The summed E-state index contributed by atoms with van der Waals surface area (Å²) in [5.41, 5.74) is 2.82. The molecular weight excluding hydrogens is 430 g/mol. The smallest absolute Gasteiger partial charge is 0.284 e. The van der Waals surface area contributed by atoms with Crippen LogP contribution in [0.1, 0.15) is 28.2 Å². The summed E-state index contributed by atoms with van der Waals surface area (Å²) in [5.74, 6) is -0.169. The number of halogens is 2. The summed E-state index contributed by atoms with van der Waals surface area (Å²) in [6, 6.07) is 6.85. The van der Waals surface area contributed by atoms with Crippen molar-refractivity contribution in [1.29, 1.82) is 0 Å². The number of nitrogens with zero attached hydrogens (tertiary/aromatic N) is 4. The fourth-order valence-corrected chi connectivity index (χ4v) is 3.41. The van der Waals surface area contributed by atoms with Gasteiger partial charge in [-0.05, 0) is 25.1 Å². The van der Waals surface area contributed by atoms with Crippen molar-refractivity contribution in [2.45, 2.75) is 13.3 Å². The molecule has 0 aliphatic rings. The number of methoxy groups -OCH3 is 1. The number of pyridine rings is 4. The lowest BCUT2D eigenvalue weighted by Gasteiger charge is -2.13. The number of anilines is 2. The van der Waals surface area contributed by atoms with Crippen LogP contribution in [0.5, 0.6) is 5.75 Å². The highest BCUT2D eigenvalue weighted by atomic mass is 19.3. The number of hydrogen-bond donors (Lipinski definition) is 2. The molecule has 0 atom stereocenters. The van der Waals surface area contributed by atoms with Crippen LogP contribution >= 0.6 is 0 Å². The number of aromatic nitrogens is 4. The molecule has 4 aromatic rings. The molecule has 0 aliphatic carbocycles. The molecule has 0 aromatic carbocycles. The van der Waals surface area contributed by atoms with Gasteiger partial charge in [0.25, 0.3) is 12.3 Å². The van der Waals surface area contributed by atoms with Crippen molar-refractivity contribution in [1.82, 2.24) is 19.9 Å². The Kier molecular flexibility index (Phi) is 6.07. The number of carbonyl (C=O) groups excluding carboxylic acids is 1. The van der Waals surface area contributed by atoms with E-state index in [1.54, 1.807) is 25.5 Å². The Labute approximate surface area is 188 Å². The van der Waals surface area contributed by atoms with Crippen LogP contribution in [0.25, 0.3) is 22.0 Å². The number of alkyl halides is 2. The monoisotopic (exact) mass is 450 g/mol. The van der Waals surface area contributed by atoms with Crippen molar-refractivity contribution in [3.05, 3.63) is 66.0 Å². The minimum atomic E-state index is -2.88. The van der Waals surface area contributed by atoms with E-state index in [1.807, 2.05) is 19.1 Å². The highest BCUT2D eigenvalue weighted by Gasteiger charge is 2.22. The quantitative estimate of drug-likeness (QED) is 0.441. The van der Waals surface area contributed by atoms with Gasteiger partial charge in [0, 0.05) is 53.9 Å². The van der Waals surface area contributed by atoms with E-state index >= 15 is 0 Å². The van der Waals surface area contributed by atoms with Crippen molar-refractivity contribution >= 4 is 28.3 Å². The predicted molar refractivity (Wildman–Crippen MR) is 121 cm³/mol. The molecule has 33 heavy (non-hydrogen) atoms. The second-order valence-corrected chi connectivity index (χ2v) is 7.13. The van der Waals surface area contributed by atoms with Crippen LogP contribution in [0.3, 0.4) is 0 Å². The van der Waals surface area contributed by atoms with Crippen LogP contribution in [0, 0.1) is 6.92 Å². The summed E-state index contributed by atoms with van der Waals surface area (Å²) >= 11 is 0. The fraction of sp³-hybridized carbons (Fsp3) is 0.174. The number of ether oxygens (including phenoxy) is 1. The molecule has 10 heteroatoms. The van der Waals surface area contributed by atoms with Gasteiger partial charge in [-0.3, -0.25) is 19.7 Å². The van der Waals surface area contributed by atoms with Crippen molar-refractivity contribution in [2.24, 2.45) is 0 Å². The summed E-state index contributed by atoms with van der Waals surface area (Å²) in [5, 5.41) is 6.52. The van der Waals surface area contributed by atoms with Crippen LogP contribution in [-0.2, 0) is 0 Å². The van der Waals surface area contributed by atoms with Gasteiger partial charge in [0.1, 0.15) is 11.5 Å². The van der Waals surface area contributed by atoms with Crippen molar-refractivity contribution < 1.29 is 18.3 Å². The summed E-state index contributed by atoms with van der Waals surface area (Å²) in [6.45, 7) is 1.84. The first-order chi connectivity index (χ1) is 15.9. The molecule has 4 heterocycles. The van der Waals surface area contributed by atoms with E-state index in [9.17, 15) is 13.6 Å². The predicted octanol–water partition coefficient (Wildman–Crippen LogP) is 4.64. The molecule has 0 saturated heterocycles. The second kappa shape index (κ2) is 9.11. The number of nitrogens with one attached hydrogen (secondary N) is 2. The molecule has 0 aliphatic heterocycles. The number of carbonyl (C=O) groups is 1. The van der Waals surface area contributed by atoms with E-state index in [0.717, 1.165) is 33.9 Å². The summed E-state index contributed by atoms with van der Waals surface area (Å²) in [4.78, 5) is 29.6. The lowest BCUT2D eigenvalue weighted by molar-refractivity contribution is 0.102. The highest BCUT2D eigenvalue weighted by Crippen LogP contribution is 2.31. The molecular formula is C23H20F2N6O2. The SMILES string of the molecule is CNc1cc2ncc(-c3cc(NC(=O)c4ccnc(C(F)F)c4OC)cnc3C)cc2cn1. The van der Waals surface area contributed by atoms with Crippen molar-refractivity contribution in [3.63, 3.8) is 0 Å². The molecule has 0 unspecified atom stereocenters. The Morgan fingerprint density at radius 3 is 2.61 bits per heavy atom. The first-order valence-electron chi connectivity index (χ1n) is 9.94. The molecule has 4 rings (SSSR count). The van der Waals surface area contributed by atoms with Crippen LogP contribution in [0.4, 0.5) is 20.3 Å². The Bertz CT molecular complexity index is 1350. The molecule has 0 saturated carbocycles. The van der Waals surface area contributed by atoms with Crippen molar-refractivity contribution in [2.75, 3.05) is 24.8 Å². The first-order valence-corrected chi connectivity index (χ1v) is 9.94. The number of fused-ring (bicyclic) bond motifs is 1. The van der Waals surface area contributed by atoms with Gasteiger partial charge in [0.15, 0.2) is 5.75 Å². The topological polar surface area (TPSA) is 102 Å². The molecule has 0 bridgehead atoms. The molecule has 8 nitrogen and oxygen atoms in total. The van der Waals surface area contributed by atoms with Gasteiger partial charge >= 0.3 is 0 Å². The average molecular weight is 450 g/mol. The molecule has 0 spiro atoms. The van der Waals surface area contributed by atoms with E-state index in [-0.39, 0.29) is 11.3 Å².